The predicted molar refractivity (Wildman–Crippen MR) is 79.2 cm³/mol. The predicted octanol–water partition coefficient (Wildman–Crippen LogP) is 5.26. The van der Waals surface area contributed by atoms with Gasteiger partial charge in [-0.25, -0.2) is 4.98 Å². The number of nitrogens with two attached hydrogens (primary N) is 1. The number of nitrogen functional groups attached to an aromatic ring is 1. The van der Waals surface area contributed by atoms with Gasteiger partial charge in [0.15, 0.2) is 0 Å². The minimum Gasteiger partial charge on any atom is -0.438 e. The number of benzene rings is 1. The van der Waals surface area contributed by atoms with Crippen molar-refractivity contribution in [3.8, 4) is 11.6 Å². The smallest absolute Gasteiger partial charge is 0.416 e. The maximum absolute atomic E-state index is 12.4. The van der Waals surface area contributed by atoms with Crippen LogP contribution in [0.3, 0.4) is 0 Å². The summed E-state index contributed by atoms with van der Waals surface area (Å²) in [5, 5.41) is 0. The molecule has 1 heterocycles. The molecule has 7 heteroatoms. The molecule has 1 aromatic heterocycles. The lowest BCUT2D eigenvalue weighted by Gasteiger charge is -2.09. The largest absolute Gasteiger partial charge is 0.438 e. The molecule has 1 aromatic carbocycles. The maximum Gasteiger partial charge on any atom is 0.416 e. The summed E-state index contributed by atoms with van der Waals surface area (Å²) < 4.78 is 43.0. The van der Waals surface area contributed by atoms with Gasteiger partial charge in [-0.2, -0.15) is 13.2 Å². The van der Waals surface area contributed by atoms with Crippen LogP contribution in [0.15, 0.2) is 41.0 Å². The summed E-state index contributed by atoms with van der Waals surface area (Å²) in [4.78, 5) is 3.93. The number of halogens is 4. The van der Waals surface area contributed by atoms with E-state index in [1.54, 1.807) is 6.07 Å². The van der Waals surface area contributed by atoms with E-state index in [2.05, 4.69) is 20.9 Å². The molecule has 114 valence electrons. The van der Waals surface area contributed by atoms with E-state index >= 15 is 0 Å². The molecule has 0 atom stereocenters. The Balaban J connectivity index is 0.00000106. The summed E-state index contributed by atoms with van der Waals surface area (Å²) in [5.74, 6) is 0.486. The van der Waals surface area contributed by atoms with Crippen molar-refractivity contribution >= 4 is 21.6 Å². The molecule has 2 N–H and O–H groups in total. The Hall–Kier alpha value is -1.76. The van der Waals surface area contributed by atoms with Gasteiger partial charge in [-0.15, -0.1) is 0 Å². The Kier molecular flexibility index (Phi) is 6.02. The Morgan fingerprint density at radius 2 is 1.71 bits per heavy atom. The summed E-state index contributed by atoms with van der Waals surface area (Å²) >= 11 is 3.20. The molecular weight excluding hydrogens is 349 g/mol. The lowest BCUT2D eigenvalue weighted by Crippen LogP contribution is -2.04. The lowest BCUT2D eigenvalue weighted by atomic mass is 10.2. The van der Waals surface area contributed by atoms with Gasteiger partial charge in [0.1, 0.15) is 5.75 Å². The van der Waals surface area contributed by atoms with E-state index in [1.807, 2.05) is 13.8 Å². The van der Waals surface area contributed by atoms with Crippen LogP contribution in [0.5, 0.6) is 11.6 Å². The second kappa shape index (κ2) is 7.31. The highest BCUT2D eigenvalue weighted by atomic mass is 79.9. The van der Waals surface area contributed by atoms with Gasteiger partial charge in [-0.1, -0.05) is 13.8 Å². The lowest BCUT2D eigenvalue weighted by molar-refractivity contribution is -0.137. The van der Waals surface area contributed by atoms with E-state index in [1.165, 1.54) is 18.3 Å². The summed E-state index contributed by atoms with van der Waals surface area (Å²) in [6.45, 7) is 4.00. The molecule has 0 saturated heterocycles. The van der Waals surface area contributed by atoms with Crippen molar-refractivity contribution in [2.75, 3.05) is 5.73 Å². The zero-order chi connectivity index (χ0) is 16.0. The van der Waals surface area contributed by atoms with Gasteiger partial charge in [-0.3, -0.25) is 0 Å². The molecule has 0 saturated carbocycles. The molecule has 0 unspecified atom stereocenters. The molecule has 21 heavy (non-hydrogen) atoms. The van der Waals surface area contributed by atoms with Gasteiger partial charge in [0.05, 0.1) is 21.9 Å². The zero-order valence-electron chi connectivity index (χ0n) is 11.4. The number of pyridine rings is 1. The topological polar surface area (TPSA) is 48.1 Å². The average Bonchev–Trinajstić information content (AvgIpc) is 2.44. The summed E-state index contributed by atoms with van der Waals surface area (Å²) in [5.41, 5.74) is 5.23. The van der Waals surface area contributed by atoms with Gasteiger partial charge < -0.3 is 10.5 Å². The summed E-state index contributed by atoms with van der Waals surface area (Å²) in [6.07, 6.45) is -2.97. The first-order valence-corrected chi connectivity index (χ1v) is 6.92. The number of anilines is 1. The molecule has 0 amide bonds. The van der Waals surface area contributed by atoms with Crippen molar-refractivity contribution in [2.24, 2.45) is 0 Å². The van der Waals surface area contributed by atoms with E-state index in [0.717, 1.165) is 12.1 Å². The van der Waals surface area contributed by atoms with Crippen LogP contribution in [0.4, 0.5) is 18.9 Å². The SMILES string of the molecule is CC.Nc1cnc(Oc2ccc(C(F)(F)F)cc2)c(Br)c1. The second-order valence-corrected chi connectivity index (χ2v) is 4.53. The Morgan fingerprint density at radius 1 is 1.14 bits per heavy atom. The molecule has 0 aliphatic rings. The van der Waals surface area contributed by atoms with Gasteiger partial charge in [0.25, 0.3) is 0 Å². The molecule has 0 spiro atoms. The molecule has 2 rings (SSSR count). The van der Waals surface area contributed by atoms with E-state index in [-0.39, 0.29) is 11.6 Å². The maximum atomic E-state index is 12.4. The van der Waals surface area contributed by atoms with Crippen molar-refractivity contribution in [3.05, 3.63) is 46.6 Å². The van der Waals surface area contributed by atoms with Crippen molar-refractivity contribution < 1.29 is 17.9 Å². The van der Waals surface area contributed by atoms with Gasteiger partial charge >= 0.3 is 6.18 Å². The normalized spacial score (nSPS) is 10.6. The summed E-state index contributed by atoms with van der Waals surface area (Å²) in [7, 11) is 0. The monoisotopic (exact) mass is 362 g/mol. The molecule has 0 radical (unpaired) electrons. The molecule has 2 aromatic rings. The number of hydrogen-bond acceptors (Lipinski definition) is 3. The Bertz CT molecular complexity index is 586. The number of ether oxygens (including phenoxy) is 1. The van der Waals surface area contributed by atoms with E-state index in [0.29, 0.717) is 10.2 Å². The van der Waals surface area contributed by atoms with Crippen molar-refractivity contribution in [1.82, 2.24) is 4.98 Å². The van der Waals surface area contributed by atoms with Crippen LogP contribution in [0.1, 0.15) is 19.4 Å². The quantitative estimate of drug-likeness (QED) is 0.792. The van der Waals surface area contributed by atoms with Crippen LogP contribution in [-0.4, -0.2) is 4.98 Å². The molecular formula is C14H14BrF3N2O. The number of alkyl halides is 3. The number of hydrogen-bond donors (Lipinski definition) is 1. The third-order valence-electron chi connectivity index (χ3n) is 2.22. The van der Waals surface area contributed by atoms with E-state index in [9.17, 15) is 13.2 Å². The number of aromatic nitrogens is 1. The highest BCUT2D eigenvalue weighted by Gasteiger charge is 2.30. The molecule has 0 aliphatic heterocycles. The second-order valence-electron chi connectivity index (χ2n) is 3.68. The third kappa shape index (κ3) is 4.93. The molecule has 0 fully saturated rings. The van der Waals surface area contributed by atoms with Crippen LogP contribution in [0, 0.1) is 0 Å². The van der Waals surface area contributed by atoms with Crippen LogP contribution in [-0.2, 0) is 6.18 Å². The van der Waals surface area contributed by atoms with Crippen molar-refractivity contribution in [2.45, 2.75) is 20.0 Å². The van der Waals surface area contributed by atoms with Crippen molar-refractivity contribution in [1.29, 1.82) is 0 Å². The van der Waals surface area contributed by atoms with Crippen LogP contribution < -0.4 is 10.5 Å². The first kappa shape index (κ1) is 17.3. The highest BCUT2D eigenvalue weighted by Crippen LogP contribution is 2.32. The van der Waals surface area contributed by atoms with Gasteiger partial charge in [-0.05, 0) is 46.3 Å². The van der Waals surface area contributed by atoms with Gasteiger partial charge in [0.2, 0.25) is 5.88 Å². The van der Waals surface area contributed by atoms with Crippen LogP contribution in [0.25, 0.3) is 0 Å². The fourth-order valence-corrected chi connectivity index (χ4v) is 1.79. The Labute approximate surface area is 129 Å². The standard InChI is InChI=1S/C12H8BrF3N2O.C2H6/c13-10-5-8(17)6-18-11(10)19-9-3-1-7(2-4-9)12(14,15)16;1-2/h1-6H,17H2;1-2H3. The van der Waals surface area contributed by atoms with Crippen LogP contribution >= 0.6 is 15.9 Å². The Morgan fingerprint density at radius 3 is 2.19 bits per heavy atom. The fourth-order valence-electron chi connectivity index (χ4n) is 1.34. The minimum absolute atomic E-state index is 0.231. The molecule has 0 bridgehead atoms. The van der Waals surface area contributed by atoms with Crippen LogP contribution in [0.2, 0.25) is 0 Å². The molecule has 3 nitrogen and oxygen atoms in total. The summed E-state index contributed by atoms with van der Waals surface area (Å²) in [6, 6.07) is 5.94. The van der Waals surface area contributed by atoms with Crippen molar-refractivity contribution in [3.63, 3.8) is 0 Å². The molecule has 0 aliphatic carbocycles. The third-order valence-corrected chi connectivity index (χ3v) is 2.79. The number of rotatable bonds is 2. The highest BCUT2D eigenvalue weighted by molar-refractivity contribution is 9.10. The fraction of sp³-hybridized carbons (Fsp3) is 0.214. The zero-order valence-corrected chi connectivity index (χ0v) is 13.0. The first-order chi connectivity index (χ1) is 9.86. The average molecular weight is 363 g/mol. The van der Waals surface area contributed by atoms with E-state index < -0.39 is 11.7 Å². The van der Waals surface area contributed by atoms with E-state index in [4.69, 9.17) is 10.5 Å². The minimum atomic E-state index is -4.36. The van der Waals surface area contributed by atoms with Gasteiger partial charge in [0, 0.05) is 0 Å². The number of nitrogens with zero attached hydrogens (tertiary/aromatic N) is 1. The first-order valence-electron chi connectivity index (χ1n) is 6.12.